The molecular weight excluding hydrogens is 309 g/mol. The van der Waals surface area contributed by atoms with E-state index in [0.29, 0.717) is 12.1 Å². The van der Waals surface area contributed by atoms with Crippen molar-refractivity contribution in [1.29, 1.82) is 0 Å². The maximum atomic E-state index is 12.2. The zero-order valence-electron chi connectivity index (χ0n) is 11.1. The third-order valence-electron chi connectivity index (χ3n) is 3.08. The van der Waals surface area contributed by atoms with Gasteiger partial charge in [0.1, 0.15) is 5.75 Å². The highest BCUT2D eigenvalue weighted by atomic mass is 35.5. The van der Waals surface area contributed by atoms with Gasteiger partial charge in [-0.15, -0.1) is 25.6 Å². The number of ether oxygens (including phenoxy) is 1. The lowest BCUT2D eigenvalue weighted by Gasteiger charge is -2.14. The Kier molecular flexibility index (Phi) is 6.29. The highest BCUT2D eigenvalue weighted by Crippen LogP contribution is 2.26. The van der Waals surface area contributed by atoms with E-state index in [2.05, 4.69) is 15.4 Å². The molecular formula is C13H16ClF3N2O2. The van der Waals surface area contributed by atoms with Crippen LogP contribution >= 0.6 is 12.4 Å². The number of alkyl halides is 3. The topological polar surface area (TPSA) is 50.4 Å². The molecule has 1 aromatic carbocycles. The highest BCUT2D eigenvalue weighted by Gasteiger charge is 2.32. The molecule has 8 heteroatoms. The third kappa shape index (κ3) is 5.43. The first kappa shape index (κ1) is 17.6. The number of rotatable bonds is 4. The van der Waals surface area contributed by atoms with Crippen molar-refractivity contribution in [3.63, 3.8) is 0 Å². The Morgan fingerprint density at radius 3 is 2.71 bits per heavy atom. The van der Waals surface area contributed by atoms with Crippen molar-refractivity contribution in [3.05, 3.63) is 29.8 Å². The molecule has 1 heterocycles. The molecule has 1 amide bonds. The molecule has 1 aliphatic rings. The van der Waals surface area contributed by atoms with Crippen molar-refractivity contribution in [2.75, 3.05) is 13.1 Å². The molecule has 2 rings (SSSR count). The summed E-state index contributed by atoms with van der Waals surface area (Å²) in [5.41, 5.74) is 0.295. The number of hydrogen-bond acceptors (Lipinski definition) is 3. The van der Waals surface area contributed by atoms with Gasteiger partial charge in [-0.1, -0.05) is 18.2 Å². The van der Waals surface area contributed by atoms with Crippen molar-refractivity contribution in [1.82, 2.24) is 10.6 Å². The van der Waals surface area contributed by atoms with E-state index in [1.807, 2.05) is 0 Å². The quantitative estimate of drug-likeness (QED) is 0.893. The molecule has 1 unspecified atom stereocenters. The van der Waals surface area contributed by atoms with Crippen LogP contribution in [0.15, 0.2) is 24.3 Å². The van der Waals surface area contributed by atoms with Gasteiger partial charge in [0.2, 0.25) is 5.91 Å². The first-order chi connectivity index (χ1) is 9.46. The van der Waals surface area contributed by atoms with Gasteiger partial charge >= 0.3 is 6.36 Å². The van der Waals surface area contributed by atoms with Crippen molar-refractivity contribution in [2.45, 2.75) is 19.3 Å². The maximum Gasteiger partial charge on any atom is 0.573 e. The van der Waals surface area contributed by atoms with Gasteiger partial charge in [0, 0.05) is 18.7 Å². The molecule has 0 radical (unpaired) electrons. The van der Waals surface area contributed by atoms with E-state index in [4.69, 9.17) is 0 Å². The Labute approximate surface area is 126 Å². The number of amides is 1. The molecule has 4 nitrogen and oxygen atoms in total. The van der Waals surface area contributed by atoms with Crippen molar-refractivity contribution < 1.29 is 22.7 Å². The molecule has 1 atom stereocenters. The fraction of sp³-hybridized carbons (Fsp3) is 0.462. The van der Waals surface area contributed by atoms with Gasteiger partial charge in [0.15, 0.2) is 0 Å². The Morgan fingerprint density at radius 2 is 2.10 bits per heavy atom. The van der Waals surface area contributed by atoms with Crippen LogP contribution in [0.25, 0.3) is 0 Å². The van der Waals surface area contributed by atoms with Crippen LogP contribution in [0.1, 0.15) is 12.0 Å². The van der Waals surface area contributed by atoms with Crippen molar-refractivity contribution in [3.8, 4) is 5.75 Å². The Bertz CT molecular complexity index is 477. The average molecular weight is 325 g/mol. The second-order valence-electron chi connectivity index (χ2n) is 4.56. The molecule has 1 aliphatic heterocycles. The number of nitrogens with one attached hydrogen (secondary N) is 2. The lowest BCUT2D eigenvalue weighted by molar-refractivity contribution is -0.274. The molecule has 0 bridgehead atoms. The number of benzene rings is 1. The van der Waals surface area contributed by atoms with E-state index in [1.165, 1.54) is 18.2 Å². The van der Waals surface area contributed by atoms with E-state index in [0.717, 1.165) is 13.0 Å². The van der Waals surface area contributed by atoms with Gasteiger partial charge in [-0.2, -0.15) is 0 Å². The Hall–Kier alpha value is -1.47. The highest BCUT2D eigenvalue weighted by molar-refractivity contribution is 5.85. The largest absolute Gasteiger partial charge is 0.573 e. The lowest BCUT2D eigenvalue weighted by atomic mass is 10.1. The first-order valence-electron chi connectivity index (χ1n) is 6.28. The maximum absolute atomic E-state index is 12.2. The molecule has 0 saturated carbocycles. The molecule has 0 aliphatic carbocycles. The molecule has 0 aromatic heterocycles. The predicted molar refractivity (Wildman–Crippen MR) is 73.2 cm³/mol. The molecule has 118 valence electrons. The van der Waals surface area contributed by atoms with Gasteiger partial charge < -0.3 is 15.4 Å². The minimum atomic E-state index is -4.74. The van der Waals surface area contributed by atoms with E-state index < -0.39 is 6.36 Å². The summed E-state index contributed by atoms with van der Waals surface area (Å²) in [7, 11) is 0. The van der Waals surface area contributed by atoms with Crippen LogP contribution in [0.4, 0.5) is 13.2 Å². The van der Waals surface area contributed by atoms with Gasteiger partial charge in [0.25, 0.3) is 0 Å². The van der Waals surface area contributed by atoms with E-state index in [-0.39, 0.29) is 36.5 Å². The van der Waals surface area contributed by atoms with Gasteiger partial charge in [-0.05, 0) is 19.0 Å². The second-order valence-corrected chi connectivity index (χ2v) is 4.56. The van der Waals surface area contributed by atoms with E-state index in [9.17, 15) is 18.0 Å². The Balaban J connectivity index is 0.00000220. The smallest absolute Gasteiger partial charge is 0.405 e. The molecule has 1 fully saturated rings. The normalized spacial score (nSPS) is 18.0. The SMILES string of the molecule is Cl.O=C(NCc1ccccc1OC(F)(F)F)C1CCNC1. The fourth-order valence-electron chi connectivity index (χ4n) is 2.08. The van der Waals surface area contributed by atoms with Crippen LogP contribution in [-0.4, -0.2) is 25.4 Å². The van der Waals surface area contributed by atoms with Crippen LogP contribution in [0.2, 0.25) is 0 Å². The number of hydrogen-bond donors (Lipinski definition) is 2. The molecule has 1 aromatic rings. The van der Waals surface area contributed by atoms with Gasteiger partial charge in [-0.25, -0.2) is 0 Å². The Morgan fingerprint density at radius 1 is 1.38 bits per heavy atom. The minimum Gasteiger partial charge on any atom is -0.405 e. The minimum absolute atomic E-state index is 0. The summed E-state index contributed by atoms with van der Waals surface area (Å²) in [6, 6.07) is 5.77. The zero-order valence-corrected chi connectivity index (χ0v) is 11.9. The van der Waals surface area contributed by atoms with Crippen LogP contribution in [0, 0.1) is 5.92 Å². The zero-order chi connectivity index (χ0) is 14.6. The monoisotopic (exact) mass is 324 g/mol. The summed E-state index contributed by atoms with van der Waals surface area (Å²) in [6.07, 6.45) is -4.00. The number of carbonyl (C=O) groups is 1. The van der Waals surface area contributed by atoms with Gasteiger partial charge in [0.05, 0.1) is 5.92 Å². The number of para-hydroxylation sites is 1. The van der Waals surface area contributed by atoms with Crippen LogP contribution < -0.4 is 15.4 Å². The average Bonchev–Trinajstić information content (AvgIpc) is 2.89. The van der Waals surface area contributed by atoms with E-state index in [1.54, 1.807) is 6.07 Å². The summed E-state index contributed by atoms with van der Waals surface area (Å²) in [4.78, 5) is 11.8. The summed E-state index contributed by atoms with van der Waals surface area (Å²) >= 11 is 0. The summed E-state index contributed by atoms with van der Waals surface area (Å²) in [5.74, 6) is -0.563. The molecule has 1 saturated heterocycles. The van der Waals surface area contributed by atoms with Crippen LogP contribution in [-0.2, 0) is 11.3 Å². The second kappa shape index (κ2) is 7.51. The van der Waals surface area contributed by atoms with Crippen molar-refractivity contribution in [2.24, 2.45) is 5.92 Å². The summed E-state index contributed by atoms with van der Waals surface area (Å²) in [6.45, 7) is 1.40. The first-order valence-corrected chi connectivity index (χ1v) is 6.28. The lowest BCUT2D eigenvalue weighted by Crippen LogP contribution is -2.31. The third-order valence-corrected chi connectivity index (χ3v) is 3.08. The fourth-order valence-corrected chi connectivity index (χ4v) is 2.08. The van der Waals surface area contributed by atoms with Crippen molar-refractivity contribution >= 4 is 18.3 Å². The molecule has 2 N–H and O–H groups in total. The van der Waals surface area contributed by atoms with E-state index >= 15 is 0 Å². The van der Waals surface area contributed by atoms with Crippen LogP contribution in [0.3, 0.4) is 0 Å². The number of carbonyl (C=O) groups excluding carboxylic acids is 1. The summed E-state index contributed by atoms with van der Waals surface area (Å²) in [5, 5.41) is 5.70. The number of halogens is 4. The standard InChI is InChI=1S/C13H15F3N2O2.ClH/c14-13(15,16)20-11-4-2-1-3-9(11)8-18-12(19)10-5-6-17-7-10;/h1-4,10,17H,5-8H2,(H,18,19);1H. The molecule has 21 heavy (non-hydrogen) atoms. The summed E-state index contributed by atoms with van der Waals surface area (Å²) < 4.78 is 40.7. The van der Waals surface area contributed by atoms with Crippen LogP contribution in [0.5, 0.6) is 5.75 Å². The van der Waals surface area contributed by atoms with Gasteiger partial charge in [-0.3, -0.25) is 4.79 Å². The predicted octanol–water partition coefficient (Wildman–Crippen LogP) is 2.23. The molecule has 0 spiro atoms.